The fraction of sp³-hybridized carbons (Fsp3) is 0.250. The van der Waals surface area contributed by atoms with Gasteiger partial charge in [-0.2, -0.15) is 13.2 Å². The number of para-hydroxylation sites is 1. The molecule has 1 aliphatic heterocycles. The number of nitrogens with one attached hydrogen (secondary N) is 1. The standard InChI is InChI=1S/C12H10F3NO2S/c1-7-9(19-12(14,15)11(13)18-7)10(17)16-8-5-3-2-4-6-8/h2-6,11H,1H3,(H,16,17). The van der Waals surface area contributed by atoms with Crippen LogP contribution < -0.4 is 5.32 Å². The molecule has 0 aromatic heterocycles. The van der Waals surface area contributed by atoms with E-state index in [-0.39, 0.29) is 22.4 Å². The Labute approximate surface area is 111 Å². The quantitative estimate of drug-likeness (QED) is 0.905. The number of ether oxygens (including phenoxy) is 1. The number of allylic oxidation sites excluding steroid dienone is 1. The summed E-state index contributed by atoms with van der Waals surface area (Å²) in [5.41, 5.74) is 0.457. The highest BCUT2D eigenvalue weighted by molar-refractivity contribution is 8.05. The predicted octanol–water partition coefficient (Wildman–Crippen LogP) is 3.51. The van der Waals surface area contributed by atoms with Crippen LogP contribution in [-0.2, 0) is 9.53 Å². The minimum absolute atomic E-state index is 0.134. The van der Waals surface area contributed by atoms with Crippen molar-refractivity contribution in [1.82, 2.24) is 0 Å². The molecule has 0 radical (unpaired) electrons. The lowest BCUT2D eigenvalue weighted by molar-refractivity contribution is -0.129. The summed E-state index contributed by atoms with van der Waals surface area (Å²) < 4.78 is 43.6. The fourth-order valence-corrected chi connectivity index (χ4v) is 2.20. The van der Waals surface area contributed by atoms with E-state index in [0.717, 1.165) is 0 Å². The molecule has 19 heavy (non-hydrogen) atoms. The van der Waals surface area contributed by atoms with Crippen molar-refractivity contribution in [2.24, 2.45) is 0 Å². The maximum Gasteiger partial charge on any atom is 0.364 e. The number of rotatable bonds is 2. The molecule has 1 aliphatic rings. The predicted molar refractivity (Wildman–Crippen MR) is 66.3 cm³/mol. The molecule has 0 aliphatic carbocycles. The van der Waals surface area contributed by atoms with Crippen molar-refractivity contribution >= 4 is 23.4 Å². The highest BCUT2D eigenvalue weighted by Gasteiger charge is 2.49. The number of halogens is 3. The van der Waals surface area contributed by atoms with Crippen LogP contribution in [0, 0.1) is 0 Å². The van der Waals surface area contributed by atoms with E-state index in [1.165, 1.54) is 6.92 Å². The summed E-state index contributed by atoms with van der Waals surface area (Å²) in [5.74, 6) is -0.905. The molecule has 102 valence electrons. The first-order valence-electron chi connectivity index (χ1n) is 5.35. The average Bonchev–Trinajstić information content (AvgIpc) is 2.35. The zero-order valence-electron chi connectivity index (χ0n) is 9.82. The van der Waals surface area contributed by atoms with Gasteiger partial charge < -0.3 is 10.1 Å². The van der Waals surface area contributed by atoms with Crippen molar-refractivity contribution in [3.63, 3.8) is 0 Å². The van der Waals surface area contributed by atoms with Gasteiger partial charge in [0.2, 0.25) is 0 Å². The van der Waals surface area contributed by atoms with Crippen LogP contribution in [0.3, 0.4) is 0 Å². The van der Waals surface area contributed by atoms with E-state index in [4.69, 9.17) is 0 Å². The number of carbonyl (C=O) groups is 1. The second kappa shape index (κ2) is 5.16. The molecule has 2 rings (SSSR count). The Morgan fingerprint density at radius 1 is 1.37 bits per heavy atom. The first kappa shape index (κ1) is 13.8. The van der Waals surface area contributed by atoms with Crippen LogP contribution in [0.5, 0.6) is 0 Å². The highest BCUT2D eigenvalue weighted by atomic mass is 32.2. The number of anilines is 1. The van der Waals surface area contributed by atoms with Gasteiger partial charge in [0, 0.05) is 5.69 Å². The van der Waals surface area contributed by atoms with Crippen LogP contribution in [0.25, 0.3) is 0 Å². The molecule has 0 fully saturated rings. The summed E-state index contributed by atoms with van der Waals surface area (Å²) in [6, 6.07) is 8.35. The normalized spacial score (nSPS) is 21.8. The third kappa shape index (κ3) is 3.04. The van der Waals surface area contributed by atoms with Crippen LogP contribution in [0.4, 0.5) is 18.9 Å². The average molecular weight is 289 g/mol. The Morgan fingerprint density at radius 2 is 2.00 bits per heavy atom. The van der Waals surface area contributed by atoms with E-state index in [0.29, 0.717) is 5.69 Å². The summed E-state index contributed by atoms with van der Waals surface area (Å²) in [6.45, 7) is 1.27. The van der Waals surface area contributed by atoms with Gasteiger partial charge in [-0.05, 0) is 30.8 Å². The Balaban J connectivity index is 2.17. The fourth-order valence-electron chi connectivity index (χ4n) is 1.45. The Morgan fingerprint density at radius 3 is 2.63 bits per heavy atom. The SMILES string of the molecule is CC1=C(C(=O)Nc2ccccc2)SC(F)(F)C(F)O1. The Hall–Kier alpha value is -1.63. The van der Waals surface area contributed by atoms with Crippen LogP contribution in [0.2, 0.25) is 0 Å². The van der Waals surface area contributed by atoms with Crippen LogP contribution in [-0.4, -0.2) is 17.5 Å². The minimum Gasteiger partial charge on any atom is -0.457 e. The van der Waals surface area contributed by atoms with Crippen LogP contribution in [0.15, 0.2) is 41.0 Å². The number of amides is 1. The molecule has 0 bridgehead atoms. The number of thioether (sulfide) groups is 1. The molecular weight excluding hydrogens is 279 g/mol. The topological polar surface area (TPSA) is 38.3 Å². The molecule has 1 atom stereocenters. The Bertz CT molecular complexity index is 519. The van der Waals surface area contributed by atoms with E-state index >= 15 is 0 Å². The largest absolute Gasteiger partial charge is 0.457 e. The third-order valence-corrected chi connectivity index (χ3v) is 3.47. The minimum atomic E-state index is -3.77. The van der Waals surface area contributed by atoms with Gasteiger partial charge in [-0.1, -0.05) is 18.2 Å². The van der Waals surface area contributed by atoms with E-state index in [1.54, 1.807) is 30.3 Å². The monoisotopic (exact) mass is 289 g/mol. The second-order valence-corrected chi connectivity index (χ2v) is 4.96. The van der Waals surface area contributed by atoms with Gasteiger partial charge in [-0.15, -0.1) is 0 Å². The van der Waals surface area contributed by atoms with Gasteiger partial charge in [0.05, 0.1) is 0 Å². The third-order valence-electron chi connectivity index (χ3n) is 2.34. The number of benzene rings is 1. The summed E-state index contributed by atoms with van der Waals surface area (Å²) in [7, 11) is 0. The zero-order valence-corrected chi connectivity index (χ0v) is 10.6. The summed E-state index contributed by atoms with van der Waals surface area (Å²) in [5, 5.41) is -1.33. The van der Waals surface area contributed by atoms with Crippen molar-refractivity contribution in [1.29, 1.82) is 0 Å². The molecule has 1 N–H and O–H groups in total. The van der Waals surface area contributed by atoms with Gasteiger partial charge in [-0.3, -0.25) is 4.79 Å². The van der Waals surface area contributed by atoms with E-state index in [9.17, 15) is 18.0 Å². The van der Waals surface area contributed by atoms with Crippen LogP contribution >= 0.6 is 11.8 Å². The maximum atomic E-state index is 13.2. The van der Waals surface area contributed by atoms with Gasteiger partial charge in [0.25, 0.3) is 5.91 Å². The zero-order chi connectivity index (χ0) is 14.0. The van der Waals surface area contributed by atoms with Gasteiger partial charge >= 0.3 is 11.6 Å². The van der Waals surface area contributed by atoms with E-state index in [1.807, 2.05) is 0 Å². The highest BCUT2D eigenvalue weighted by Crippen LogP contribution is 2.46. The summed E-state index contributed by atoms with van der Waals surface area (Å²) >= 11 is -0.134. The molecule has 1 aromatic rings. The first-order valence-corrected chi connectivity index (χ1v) is 6.16. The molecular formula is C12H10F3NO2S. The molecule has 3 nitrogen and oxygen atoms in total. The molecule has 0 saturated carbocycles. The molecule has 7 heteroatoms. The van der Waals surface area contributed by atoms with Crippen molar-refractivity contribution in [3.05, 3.63) is 41.0 Å². The van der Waals surface area contributed by atoms with E-state index in [2.05, 4.69) is 10.1 Å². The number of hydrogen-bond acceptors (Lipinski definition) is 3. The van der Waals surface area contributed by atoms with E-state index < -0.39 is 17.5 Å². The van der Waals surface area contributed by atoms with Gasteiger partial charge in [0.15, 0.2) is 0 Å². The second-order valence-electron chi connectivity index (χ2n) is 3.80. The molecule has 1 aromatic carbocycles. The first-order chi connectivity index (χ1) is 8.90. The molecule has 0 spiro atoms. The van der Waals surface area contributed by atoms with Crippen molar-refractivity contribution in [2.75, 3.05) is 5.32 Å². The molecule has 0 saturated heterocycles. The smallest absolute Gasteiger partial charge is 0.364 e. The van der Waals surface area contributed by atoms with Gasteiger partial charge in [-0.25, -0.2) is 0 Å². The van der Waals surface area contributed by atoms with Crippen molar-refractivity contribution < 1.29 is 22.7 Å². The van der Waals surface area contributed by atoms with Gasteiger partial charge in [0.1, 0.15) is 10.7 Å². The lowest BCUT2D eigenvalue weighted by Crippen LogP contribution is -2.34. The van der Waals surface area contributed by atoms with Crippen molar-refractivity contribution in [3.8, 4) is 0 Å². The van der Waals surface area contributed by atoms with Crippen molar-refractivity contribution in [2.45, 2.75) is 18.5 Å². The Kier molecular flexibility index (Phi) is 3.75. The molecule has 1 amide bonds. The lowest BCUT2D eigenvalue weighted by Gasteiger charge is -2.27. The maximum absolute atomic E-state index is 13.2. The van der Waals surface area contributed by atoms with Crippen LogP contribution in [0.1, 0.15) is 6.92 Å². The number of carbonyl (C=O) groups excluding carboxylic acids is 1. The number of hydrogen-bond donors (Lipinski definition) is 1. The lowest BCUT2D eigenvalue weighted by atomic mass is 10.3. The molecule has 1 heterocycles. The number of alkyl halides is 3. The summed E-state index contributed by atoms with van der Waals surface area (Å²) in [4.78, 5) is 11.5. The molecule has 1 unspecified atom stereocenters. The summed E-state index contributed by atoms with van der Waals surface area (Å²) in [6.07, 6.45) is -2.74.